The monoisotopic (exact) mass is 1590 g/mol. The van der Waals surface area contributed by atoms with Gasteiger partial charge >= 0.3 is 23.9 Å². The lowest BCUT2D eigenvalue weighted by Gasteiger charge is -2.28. The van der Waals surface area contributed by atoms with Crippen LogP contribution in [0.15, 0.2) is 73.2 Å². The van der Waals surface area contributed by atoms with E-state index in [1.807, 2.05) is 0 Å². The molecule has 0 saturated carbocycles. The Hall–Kier alpha value is -12.1. The summed E-state index contributed by atoms with van der Waals surface area (Å²) < 4.78 is 0. The van der Waals surface area contributed by atoms with Crippen LogP contribution in [0.25, 0.3) is 0 Å². The molecule has 16 atom stereocenters. The first-order valence-electron chi connectivity index (χ1n) is 35.9. The second-order valence-corrected chi connectivity index (χ2v) is 26.7. The summed E-state index contributed by atoms with van der Waals surface area (Å²) in [6.45, 7) is 3.84. The van der Waals surface area contributed by atoms with Crippen molar-refractivity contribution in [3.8, 4) is 0 Å². The van der Waals surface area contributed by atoms with Crippen LogP contribution in [0, 0.1) is 0 Å². The summed E-state index contributed by atoms with van der Waals surface area (Å²) in [4.78, 5) is 247. The molecule has 1 aromatic heterocycles. The fraction of sp³-hybridized carbons (Fsp3) is 0.529. The van der Waals surface area contributed by atoms with Gasteiger partial charge in [-0.05, 0) is 90.8 Å². The van der Waals surface area contributed by atoms with Gasteiger partial charge < -0.3 is 126 Å². The number of likely N-dealkylation sites (tertiary alicyclic amines) is 1. The molecule has 0 radical (unpaired) electrons. The van der Waals surface area contributed by atoms with E-state index in [1.165, 1.54) is 24.3 Å². The number of nitrogens with two attached hydrogens (primary N) is 2. The first-order chi connectivity index (χ1) is 53.3. The zero-order chi connectivity index (χ0) is 84.3. The van der Waals surface area contributed by atoms with Crippen molar-refractivity contribution in [1.29, 1.82) is 0 Å². The van der Waals surface area contributed by atoms with E-state index in [-0.39, 0.29) is 45.2 Å². The van der Waals surface area contributed by atoms with E-state index >= 15 is 0 Å². The van der Waals surface area contributed by atoms with Crippen molar-refractivity contribution in [2.24, 2.45) is 11.5 Å². The highest BCUT2D eigenvalue weighted by Crippen LogP contribution is 2.20. The minimum atomic E-state index is -2.11. The van der Waals surface area contributed by atoms with Gasteiger partial charge in [-0.15, -0.1) is 0 Å². The van der Waals surface area contributed by atoms with Gasteiger partial charge in [0.1, 0.15) is 78.5 Å². The Kier molecular flexibility index (Phi) is 38.4. The second-order valence-electron chi connectivity index (χ2n) is 26.7. The number of carbonyl (C=O) groups is 18. The van der Waals surface area contributed by atoms with Gasteiger partial charge in [-0.2, -0.15) is 0 Å². The average molecular weight is 1590 g/mol. The number of carboxylic acids is 4. The normalized spacial score (nSPS) is 16.4. The molecule has 14 amide bonds. The zero-order valence-electron chi connectivity index (χ0n) is 62.5. The van der Waals surface area contributed by atoms with E-state index in [1.54, 1.807) is 60.7 Å². The molecule has 25 N–H and O–H groups in total. The third-order valence-corrected chi connectivity index (χ3v) is 17.5. The number of aliphatic carboxylic acids is 4. The van der Waals surface area contributed by atoms with E-state index in [0.29, 0.717) is 36.1 Å². The molecule has 0 aliphatic carbocycles. The number of aliphatic hydroxyl groups excluding tert-OH is 3. The van der Waals surface area contributed by atoms with Gasteiger partial charge in [0, 0.05) is 38.4 Å². The number of benzene rings is 2. The highest BCUT2D eigenvalue weighted by atomic mass is 16.4. The Bertz CT molecular complexity index is 3820. The molecule has 1 fully saturated rings. The Morgan fingerprint density at radius 1 is 0.496 bits per heavy atom. The fourth-order valence-corrected chi connectivity index (χ4v) is 11.3. The number of hydrogen-bond donors (Lipinski definition) is 23. The highest BCUT2D eigenvalue weighted by molar-refractivity contribution is 6.01. The van der Waals surface area contributed by atoms with Gasteiger partial charge in [0.2, 0.25) is 82.7 Å². The van der Waals surface area contributed by atoms with Gasteiger partial charge in [-0.25, -0.2) is 9.78 Å². The van der Waals surface area contributed by atoms with Crippen LogP contribution in [0.3, 0.4) is 0 Å². The molecule has 4 rings (SSSR count). The van der Waals surface area contributed by atoms with E-state index in [4.69, 9.17) is 11.5 Å². The fourth-order valence-electron chi connectivity index (χ4n) is 11.3. The molecule has 43 nitrogen and oxygen atoms in total. The van der Waals surface area contributed by atoms with Crippen LogP contribution >= 0.6 is 0 Å². The van der Waals surface area contributed by atoms with Crippen LogP contribution in [0.5, 0.6) is 0 Å². The van der Waals surface area contributed by atoms with Crippen LogP contribution in [0.4, 0.5) is 0 Å². The summed E-state index contributed by atoms with van der Waals surface area (Å²) >= 11 is 0. The van der Waals surface area contributed by atoms with Crippen molar-refractivity contribution in [2.75, 3.05) is 26.2 Å². The van der Waals surface area contributed by atoms with E-state index in [0.717, 1.165) is 27.7 Å². The van der Waals surface area contributed by atoms with Gasteiger partial charge in [-0.1, -0.05) is 60.7 Å². The SMILES string of the molecule is C[C@H](NC(=O)[C@H](C)NC(=O)[C@H](CCC(=O)O)NC(=O)[C@H](CC(=O)O)NC(=O)[C@@H]1CCCN1C(=O)[C@@H](N)Cc1c[nH]cn1)C(=O)N[C@@H](Cc1ccccc1)C(=O)N[C@@H](Cc1ccccc1)C(=O)N[C@@H](CC(=O)O)C(=O)N[C@H](C(=O)N[C@@H](C)C(=O)N[C@@H](CO)C(=O)N[C@H](C(=O)NCC(=O)N[C@@H](CCCCN)C(=O)O)[C@@H](C)O)[C@@H](C)O. The van der Waals surface area contributed by atoms with Crippen molar-refractivity contribution in [3.63, 3.8) is 0 Å². The van der Waals surface area contributed by atoms with Crippen LogP contribution in [-0.2, 0) is 106 Å². The van der Waals surface area contributed by atoms with Crippen molar-refractivity contribution >= 4 is 107 Å². The standard InChI is InChI=1S/C70H100N18O25/c1-34(77-60(102)43(21-22-52(93)94)80-63(105)47(28-53(95)96)84-66(108)50-20-14-24-88(50)69(111)42(72)27-41-30-73-33-75-41)57(99)76-35(2)58(100)81-45(25-39-15-8-6-9-16-39)61(103)82-46(26-40-17-10-7-11-18-40)62(104)83-48(29-54(97)98)64(106)87-56(38(5)91)68(110)78-36(3)59(101)85-49(32-89)65(107)86-55(37(4)90)67(109)74-31-51(92)79-44(70(112)113)19-12-13-23-71/h6-11,15-18,30,33-38,42-50,55-56,89-91H,12-14,19-29,31-32,71-72H2,1-5H3,(H,73,75)(H,74,109)(H,76,99)(H,77,102)(H,78,110)(H,79,92)(H,80,105)(H,81,100)(H,82,103)(H,83,104)(H,84,108)(H,85,101)(H,86,107)(H,87,106)(H,93,94)(H,95,96)(H,97,98)(H,112,113)/t34-,35-,36-,37+,38+,42-,43-,44-,45-,46-,47-,48-,49-,50-,55-,56-/m0/s1. The topological polar surface area (TPSA) is 689 Å². The lowest BCUT2D eigenvalue weighted by atomic mass is 10.0. The van der Waals surface area contributed by atoms with E-state index < -0.39 is 242 Å². The number of rotatable bonds is 48. The summed E-state index contributed by atoms with van der Waals surface area (Å²) in [5, 5.41) is 99.3. The maximum Gasteiger partial charge on any atom is 0.326 e. The summed E-state index contributed by atoms with van der Waals surface area (Å²) in [5.41, 5.74) is 12.9. The number of nitrogens with one attached hydrogen (secondary N) is 14. The molecule has 1 saturated heterocycles. The smallest absolute Gasteiger partial charge is 0.326 e. The zero-order valence-corrected chi connectivity index (χ0v) is 62.5. The number of imidazole rings is 1. The second kappa shape index (κ2) is 46.5. The summed E-state index contributed by atoms with van der Waals surface area (Å²) in [5.74, 6) is -21.8. The highest BCUT2D eigenvalue weighted by Gasteiger charge is 2.41. The van der Waals surface area contributed by atoms with E-state index in [9.17, 15) is 122 Å². The molecule has 0 spiro atoms. The number of carboxylic acid groups (broad SMARTS) is 4. The largest absolute Gasteiger partial charge is 0.481 e. The lowest BCUT2D eigenvalue weighted by molar-refractivity contribution is -0.143. The van der Waals surface area contributed by atoms with E-state index in [2.05, 4.69) is 79.1 Å². The minimum Gasteiger partial charge on any atom is -0.481 e. The minimum absolute atomic E-state index is 0.00784. The number of amides is 14. The molecule has 0 unspecified atom stereocenters. The molecule has 43 heteroatoms. The molecule has 0 bridgehead atoms. The molecule has 1 aliphatic heterocycles. The Balaban J connectivity index is 1.46. The van der Waals surface area contributed by atoms with Crippen LogP contribution in [-0.4, -0.2) is 280 Å². The molecule has 1 aliphatic rings. The van der Waals surface area contributed by atoms with Crippen LogP contribution in [0.1, 0.15) is 109 Å². The van der Waals surface area contributed by atoms with Crippen molar-refractivity contribution in [1.82, 2.24) is 84.0 Å². The first kappa shape index (κ1) is 93.3. The van der Waals surface area contributed by atoms with Gasteiger partial charge in [-0.3, -0.25) is 81.5 Å². The predicted octanol–water partition coefficient (Wildman–Crippen LogP) is -8.47. The van der Waals surface area contributed by atoms with Crippen molar-refractivity contribution in [2.45, 2.75) is 208 Å². The summed E-state index contributed by atoms with van der Waals surface area (Å²) in [7, 11) is 0. The van der Waals surface area contributed by atoms with Gasteiger partial charge in [0.25, 0.3) is 0 Å². The Labute approximate surface area is 646 Å². The van der Waals surface area contributed by atoms with Crippen LogP contribution < -0.4 is 80.6 Å². The number of H-pyrrole nitrogens is 1. The molecule has 3 aromatic rings. The molecule has 2 aromatic carbocycles. The molecule has 2 heterocycles. The molecule has 620 valence electrons. The van der Waals surface area contributed by atoms with Crippen LogP contribution in [0.2, 0.25) is 0 Å². The average Bonchev–Trinajstić information content (AvgIpc) is 1.70. The number of carbonyl (C=O) groups excluding carboxylic acids is 14. The number of aromatic nitrogens is 2. The summed E-state index contributed by atoms with van der Waals surface area (Å²) in [6.07, 6.45) is -3.66. The first-order valence-corrected chi connectivity index (χ1v) is 35.9. The number of aliphatic hydroxyl groups is 3. The lowest BCUT2D eigenvalue weighted by Crippen LogP contribution is -2.62. The third-order valence-electron chi connectivity index (χ3n) is 17.5. The molecular weight excluding hydrogens is 1490 g/mol. The molecule has 113 heavy (non-hydrogen) atoms. The number of hydrogen-bond acceptors (Lipinski definition) is 24. The number of nitrogens with zero attached hydrogens (tertiary/aromatic N) is 2. The quantitative estimate of drug-likeness (QED) is 0.0234. The maximum absolute atomic E-state index is 14.6. The van der Waals surface area contributed by atoms with Crippen molar-refractivity contribution in [3.05, 3.63) is 90.0 Å². The predicted molar refractivity (Wildman–Crippen MR) is 391 cm³/mol. The Morgan fingerprint density at radius 2 is 0.938 bits per heavy atom. The number of aromatic amines is 1. The van der Waals surface area contributed by atoms with Crippen molar-refractivity contribution < 1.29 is 122 Å². The Morgan fingerprint density at radius 3 is 1.42 bits per heavy atom. The van der Waals surface area contributed by atoms with Gasteiger partial charge in [0.05, 0.1) is 56.3 Å². The maximum atomic E-state index is 14.6. The molecular formula is C70H100N18O25. The van der Waals surface area contributed by atoms with Gasteiger partial charge in [0.15, 0.2) is 0 Å². The summed E-state index contributed by atoms with van der Waals surface area (Å²) in [6, 6.07) is -7.60. The number of unbranched alkanes of at least 4 members (excludes halogenated alkanes) is 1. The third kappa shape index (κ3) is 31.7.